The van der Waals surface area contributed by atoms with Crippen LogP contribution in [-0.2, 0) is 20.8 Å². The first-order chi connectivity index (χ1) is 10.7. The predicted molar refractivity (Wildman–Crippen MR) is 84.5 cm³/mol. The van der Waals surface area contributed by atoms with Gasteiger partial charge in [0.05, 0.1) is 17.7 Å². The third kappa shape index (κ3) is 5.26. The smallest absolute Gasteiger partial charge is 0.264 e. The number of benzene rings is 1. The molecule has 2 aromatic rings. The van der Waals surface area contributed by atoms with E-state index in [1.54, 1.807) is 0 Å². The second-order valence-corrected chi connectivity index (χ2v) is 9.16. The number of hydrogen-bond acceptors (Lipinski definition) is 6. The number of rotatable bonds is 7. The van der Waals surface area contributed by atoms with Crippen molar-refractivity contribution in [1.29, 1.82) is 0 Å². The van der Waals surface area contributed by atoms with Gasteiger partial charge in [-0.15, -0.1) is 0 Å². The molecule has 0 spiro atoms. The monoisotopic (exact) mass is 360 g/mol. The minimum Gasteiger partial charge on any atom is -0.360 e. The normalized spacial score (nSPS) is 16.0. The van der Waals surface area contributed by atoms with E-state index in [0.717, 1.165) is 5.56 Å². The van der Waals surface area contributed by atoms with Crippen molar-refractivity contribution in [3.05, 3.63) is 42.2 Å². The maximum absolute atomic E-state index is 12.2. The molecular formula is C13H17N2O6PS. The molecule has 0 amide bonds. The zero-order chi connectivity index (χ0) is 17.1. The van der Waals surface area contributed by atoms with E-state index in [1.807, 2.05) is 30.3 Å². The highest BCUT2D eigenvalue weighted by atomic mass is 32.2. The third-order valence-electron chi connectivity index (χ3n) is 3.20. The van der Waals surface area contributed by atoms with Crippen molar-refractivity contribution in [1.82, 2.24) is 5.16 Å². The van der Waals surface area contributed by atoms with E-state index in [-0.39, 0.29) is 18.3 Å². The highest BCUT2D eigenvalue weighted by Crippen LogP contribution is 2.48. The average Bonchev–Trinajstić information content (AvgIpc) is 2.92. The summed E-state index contributed by atoms with van der Waals surface area (Å²) in [5, 5.41) is 3.83. The van der Waals surface area contributed by atoms with Gasteiger partial charge >= 0.3 is 0 Å². The van der Waals surface area contributed by atoms with Crippen molar-refractivity contribution in [2.75, 3.05) is 5.75 Å². The Bertz CT molecular complexity index is 805. The average molecular weight is 360 g/mol. The van der Waals surface area contributed by atoms with E-state index in [0.29, 0.717) is 5.69 Å². The molecule has 4 N–H and O–H groups in total. The summed E-state index contributed by atoms with van der Waals surface area (Å²) < 4.78 is 47.3. The van der Waals surface area contributed by atoms with Gasteiger partial charge in [-0.05, 0) is 6.42 Å². The van der Waals surface area contributed by atoms with Crippen LogP contribution in [0.25, 0.3) is 11.3 Å². The van der Waals surface area contributed by atoms with E-state index < -0.39 is 29.0 Å². The van der Waals surface area contributed by atoms with Crippen LogP contribution >= 0.6 is 7.37 Å². The number of nitrogens with two attached hydrogens (primary N) is 1. The van der Waals surface area contributed by atoms with Crippen LogP contribution in [0.15, 0.2) is 40.9 Å². The summed E-state index contributed by atoms with van der Waals surface area (Å²) in [4.78, 5) is 9.98. The Morgan fingerprint density at radius 1 is 1.30 bits per heavy atom. The number of aromatic nitrogens is 1. The van der Waals surface area contributed by atoms with Crippen LogP contribution in [0.1, 0.15) is 12.2 Å². The highest BCUT2D eigenvalue weighted by Gasteiger charge is 2.30. The zero-order valence-corrected chi connectivity index (χ0v) is 13.8. The molecule has 10 heteroatoms. The zero-order valence-electron chi connectivity index (χ0n) is 12.1. The van der Waals surface area contributed by atoms with Crippen molar-refractivity contribution in [3.63, 3.8) is 0 Å². The van der Waals surface area contributed by atoms with E-state index in [4.69, 9.17) is 14.8 Å². The first kappa shape index (κ1) is 17.8. The molecule has 2 atom stereocenters. The van der Waals surface area contributed by atoms with E-state index in [9.17, 15) is 17.9 Å². The maximum Gasteiger partial charge on any atom is 0.264 e. The molecule has 2 rings (SSSR count). The van der Waals surface area contributed by atoms with Crippen LogP contribution in [0.2, 0.25) is 0 Å². The molecule has 0 saturated heterocycles. The minimum atomic E-state index is -4.23. The van der Waals surface area contributed by atoms with Crippen LogP contribution in [0, 0.1) is 0 Å². The lowest BCUT2D eigenvalue weighted by Crippen LogP contribution is -2.24. The van der Waals surface area contributed by atoms with Gasteiger partial charge in [0.15, 0.2) is 0 Å². The Hall–Kier alpha value is -1.51. The molecule has 1 heterocycles. The molecule has 23 heavy (non-hydrogen) atoms. The molecule has 0 aliphatic rings. The van der Waals surface area contributed by atoms with Gasteiger partial charge < -0.3 is 15.2 Å². The molecule has 0 fully saturated rings. The topological polar surface area (TPSA) is 144 Å². The quantitative estimate of drug-likeness (QED) is 0.500. The van der Waals surface area contributed by atoms with Gasteiger partial charge in [-0.2, -0.15) is 8.42 Å². The molecule has 0 bridgehead atoms. The Morgan fingerprint density at radius 2 is 1.96 bits per heavy atom. The van der Waals surface area contributed by atoms with Crippen LogP contribution in [0.5, 0.6) is 0 Å². The minimum absolute atomic E-state index is 0.178. The van der Waals surface area contributed by atoms with Crippen LogP contribution < -0.4 is 5.73 Å². The molecule has 1 aromatic carbocycles. The molecule has 0 saturated carbocycles. The molecule has 2 unspecified atom stereocenters. The fraction of sp³-hybridized carbons (Fsp3) is 0.308. The molecule has 0 aliphatic carbocycles. The molecule has 0 radical (unpaired) electrons. The summed E-state index contributed by atoms with van der Waals surface area (Å²) in [6, 6.07) is 10.7. The van der Waals surface area contributed by atoms with Crippen molar-refractivity contribution in [2.45, 2.75) is 18.4 Å². The number of hydrogen-bond donors (Lipinski definition) is 3. The number of nitrogens with zero attached hydrogens (tertiary/aromatic N) is 1. The summed E-state index contributed by atoms with van der Waals surface area (Å²) in [5.41, 5.74) is 6.89. The predicted octanol–water partition coefficient (Wildman–Crippen LogP) is 1.67. The van der Waals surface area contributed by atoms with Crippen molar-refractivity contribution >= 4 is 17.5 Å². The van der Waals surface area contributed by atoms with E-state index >= 15 is 0 Å². The van der Waals surface area contributed by atoms with Crippen LogP contribution in [0.4, 0.5) is 0 Å². The summed E-state index contributed by atoms with van der Waals surface area (Å²) in [6.07, 6.45) is -0.689. The van der Waals surface area contributed by atoms with Gasteiger partial charge in [0.2, 0.25) is 7.37 Å². The van der Waals surface area contributed by atoms with Crippen LogP contribution in [0.3, 0.4) is 0 Å². The Balaban J connectivity index is 2.06. The van der Waals surface area contributed by atoms with Gasteiger partial charge in [-0.1, -0.05) is 35.5 Å². The standard InChI is InChI=1S/C13H17N2O6PS/c14-13(6-7-23(18,19)20)22(16,17)9-11-8-12(15-21-11)10-4-2-1-3-5-10/h1-5,8,13H,6-7,9,14H2,(H,16,17)(H,18,19,20). The van der Waals surface area contributed by atoms with Gasteiger partial charge in [-0.25, -0.2) is 0 Å². The Labute approximate surface area is 133 Å². The third-order valence-corrected chi connectivity index (χ3v) is 6.01. The van der Waals surface area contributed by atoms with Crippen molar-refractivity contribution in [3.8, 4) is 11.3 Å². The second kappa shape index (κ2) is 6.94. The molecule has 8 nitrogen and oxygen atoms in total. The molecular weight excluding hydrogens is 343 g/mol. The lowest BCUT2D eigenvalue weighted by atomic mass is 10.1. The van der Waals surface area contributed by atoms with Gasteiger partial charge in [-0.3, -0.25) is 9.12 Å². The summed E-state index contributed by atoms with van der Waals surface area (Å²) in [5.74, 6) is -1.78. The molecule has 126 valence electrons. The molecule has 0 aliphatic heterocycles. The lowest BCUT2D eigenvalue weighted by Gasteiger charge is -2.17. The lowest BCUT2D eigenvalue weighted by molar-refractivity contribution is 0.386. The van der Waals surface area contributed by atoms with Gasteiger partial charge in [0.1, 0.15) is 11.5 Å². The largest absolute Gasteiger partial charge is 0.360 e. The fourth-order valence-electron chi connectivity index (χ4n) is 1.94. The van der Waals surface area contributed by atoms with Gasteiger partial charge in [0.25, 0.3) is 10.1 Å². The summed E-state index contributed by atoms with van der Waals surface area (Å²) in [6.45, 7) is 0. The van der Waals surface area contributed by atoms with E-state index in [1.165, 1.54) is 6.07 Å². The molecule has 1 aromatic heterocycles. The highest BCUT2D eigenvalue weighted by molar-refractivity contribution is 7.85. The Morgan fingerprint density at radius 3 is 2.57 bits per heavy atom. The maximum atomic E-state index is 12.2. The first-order valence-corrected chi connectivity index (χ1v) is 10.2. The fourth-order valence-corrected chi connectivity index (χ4v) is 4.03. The van der Waals surface area contributed by atoms with Gasteiger partial charge in [0, 0.05) is 11.6 Å². The van der Waals surface area contributed by atoms with E-state index in [2.05, 4.69) is 5.16 Å². The summed E-state index contributed by atoms with van der Waals surface area (Å²) >= 11 is 0. The van der Waals surface area contributed by atoms with Crippen molar-refractivity contribution < 1.29 is 27.0 Å². The summed E-state index contributed by atoms with van der Waals surface area (Å²) in [7, 11) is -8.13. The SMILES string of the molecule is NC(CCS(=O)(=O)O)P(=O)(O)Cc1cc(-c2ccccc2)no1. The second-order valence-electron chi connectivity index (χ2n) is 5.10. The van der Waals surface area contributed by atoms with Crippen molar-refractivity contribution in [2.24, 2.45) is 5.73 Å². The Kier molecular flexibility index (Phi) is 5.38. The first-order valence-electron chi connectivity index (χ1n) is 6.71. The van der Waals surface area contributed by atoms with Crippen LogP contribution in [-0.4, -0.2) is 34.6 Å².